The fourth-order valence-corrected chi connectivity index (χ4v) is 3.27. The highest BCUT2D eigenvalue weighted by Crippen LogP contribution is 2.38. The van der Waals surface area contributed by atoms with Crippen molar-refractivity contribution in [2.45, 2.75) is 11.2 Å². The quantitative estimate of drug-likeness (QED) is 0.357. The lowest BCUT2D eigenvalue weighted by atomic mass is 10.00. The molecule has 2 aromatic rings. The van der Waals surface area contributed by atoms with Gasteiger partial charge in [-0.25, -0.2) is 9.97 Å². The minimum absolute atomic E-state index is 0.0938. The average molecular weight is 359 g/mol. The first kappa shape index (κ1) is 16.6. The molecule has 0 amide bonds. The Balaban J connectivity index is 2.07. The summed E-state index contributed by atoms with van der Waals surface area (Å²) in [4.78, 5) is 10.8. The second-order valence-corrected chi connectivity index (χ2v) is 6.23. The number of nitriles is 1. The second kappa shape index (κ2) is 7.12. The molecule has 0 N–H and O–H groups in total. The molecule has 1 aliphatic rings. The highest BCUT2D eigenvalue weighted by Gasteiger charge is 2.27. The van der Waals surface area contributed by atoms with Crippen molar-refractivity contribution in [2.24, 2.45) is 0 Å². The Kier molecular flexibility index (Phi) is 4.93. The fourth-order valence-electron chi connectivity index (χ4n) is 2.63. The summed E-state index contributed by atoms with van der Waals surface area (Å²) in [5.74, 6) is 1.48. The van der Waals surface area contributed by atoms with Crippen molar-refractivity contribution in [1.82, 2.24) is 9.97 Å². The molecular weight excluding hydrogens is 344 g/mol. The molecule has 0 spiro atoms. The van der Waals surface area contributed by atoms with E-state index in [2.05, 4.69) is 16.0 Å². The number of nitrogens with zero attached hydrogens (tertiary/aromatic N) is 4. The van der Waals surface area contributed by atoms with Gasteiger partial charge in [0.05, 0.1) is 24.8 Å². The van der Waals surface area contributed by atoms with Gasteiger partial charge in [-0.1, -0.05) is 41.6 Å². The number of benzene rings is 1. The lowest BCUT2D eigenvalue weighted by Crippen LogP contribution is -2.31. The van der Waals surface area contributed by atoms with Crippen molar-refractivity contribution in [3.05, 3.63) is 46.6 Å². The van der Waals surface area contributed by atoms with Gasteiger partial charge in [0.25, 0.3) is 0 Å². The van der Waals surface area contributed by atoms with Crippen molar-refractivity contribution < 1.29 is 4.74 Å². The normalized spacial score (nSPS) is 15.8. The zero-order chi connectivity index (χ0) is 17.1. The maximum Gasteiger partial charge on any atom is 0.190 e. The summed E-state index contributed by atoms with van der Waals surface area (Å²) in [5.41, 5.74) is 1.79. The summed E-state index contributed by atoms with van der Waals surface area (Å²) in [6.07, 6.45) is 5.83. The third-order valence-electron chi connectivity index (χ3n) is 3.79. The molecule has 0 fully saturated rings. The molecule has 0 saturated heterocycles. The molecule has 1 aliphatic heterocycles. The Morgan fingerprint density at radius 3 is 2.71 bits per heavy atom. The number of anilines is 1. The maximum absolute atomic E-state index is 9.27. The first-order valence-electron chi connectivity index (χ1n) is 7.25. The molecule has 2 heterocycles. The average Bonchev–Trinajstić information content (AvgIpc) is 2.62. The molecule has 0 saturated carbocycles. The predicted molar refractivity (Wildman–Crippen MR) is 96.6 cm³/mol. The Bertz CT molecular complexity index is 817. The predicted octanol–water partition coefficient (Wildman–Crippen LogP) is 3.96. The van der Waals surface area contributed by atoms with Crippen LogP contribution in [0.5, 0.6) is 5.75 Å². The molecule has 1 unspecified atom stereocenters. The Morgan fingerprint density at radius 2 is 2.08 bits per heavy atom. The molecule has 5 nitrogen and oxygen atoms in total. The van der Waals surface area contributed by atoms with Crippen molar-refractivity contribution in [3.63, 3.8) is 0 Å². The van der Waals surface area contributed by atoms with Crippen LogP contribution in [-0.2, 0) is 0 Å². The van der Waals surface area contributed by atoms with E-state index < -0.39 is 0 Å². The lowest BCUT2D eigenvalue weighted by Gasteiger charge is -2.33. The number of hydrogen-bond acceptors (Lipinski definition) is 6. The smallest absolute Gasteiger partial charge is 0.190 e. The lowest BCUT2D eigenvalue weighted by molar-refractivity contribution is 0.414. The van der Waals surface area contributed by atoms with Gasteiger partial charge in [-0.3, -0.25) is 0 Å². The van der Waals surface area contributed by atoms with Crippen molar-refractivity contribution in [2.75, 3.05) is 24.8 Å². The molecule has 1 atom stereocenters. The zero-order valence-electron chi connectivity index (χ0n) is 13.2. The minimum atomic E-state index is -0.0938. The van der Waals surface area contributed by atoms with Gasteiger partial charge in [0.2, 0.25) is 0 Å². The SMILES string of the molecule is COc1ccc(C2C=Cc3c(Cl)nc(SC)nc3N2CC#N)cc1. The van der Waals surface area contributed by atoms with Crippen LogP contribution in [0.1, 0.15) is 17.2 Å². The van der Waals surface area contributed by atoms with Crippen LogP contribution in [0.3, 0.4) is 0 Å². The highest BCUT2D eigenvalue weighted by atomic mass is 35.5. The third kappa shape index (κ3) is 3.05. The first-order chi connectivity index (χ1) is 11.7. The summed E-state index contributed by atoms with van der Waals surface area (Å²) in [7, 11) is 1.64. The van der Waals surface area contributed by atoms with Gasteiger partial charge < -0.3 is 9.64 Å². The van der Waals surface area contributed by atoms with E-state index in [1.165, 1.54) is 11.8 Å². The van der Waals surface area contributed by atoms with Crippen LogP contribution < -0.4 is 9.64 Å². The molecule has 122 valence electrons. The van der Waals surface area contributed by atoms with Gasteiger partial charge in [0.15, 0.2) is 5.16 Å². The number of methoxy groups -OCH3 is 1. The standard InChI is InChI=1S/C17H15ClN4OS/c1-23-12-5-3-11(4-6-12)14-8-7-13-15(18)20-17(24-2)21-16(13)22(14)10-9-19/h3-8,14H,10H2,1-2H3. The van der Waals surface area contributed by atoms with Crippen molar-refractivity contribution in [1.29, 1.82) is 5.26 Å². The van der Waals surface area contributed by atoms with Gasteiger partial charge in [-0.15, -0.1) is 0 Å². The Labute approximate surface area is 149 Å². The number of fused-ring (bicyclic) bond motifs is 1. The molecule has 0 radical (unpaired) electrons. The van der Waals surface area contributed by atoms with Gasteiger partial charge in [-0.2, -0.15) is 5.26 Å². The summed E-state index contributed by atoms with van der Waals surface area (Å²) in [6, 6.07) is 9.91. The molecule has 1 aromatic carbocycles. The number of thioether (sulfide) groups is 1. The van der Waals surface area contributed by atoms with Crippen LogP contribution in [0.2, 0.25) is 5.15 Å². The third-order valence-corrected chi connectivity index (χ3v) is 4.63. The summed E-state index contributed by atoms with van der Waals surface area (Å²) >= 11 is 7.70. The number of halogens is 1. The number of ether oxygens (including phenoxy) is 1. The van der Waals surface area contributed by atoms with Gasteiger partial charge in [0, 0.05) is 0 Å². The Hall–Kier alpha value is -2.23. The Morgan fingerprint density at radius 1 is 1.33 bits per heavy atom. The van der Waals surface area contributed by atoms with E-state index in [4.69, 9.17) is 16.3 Å². The van der Waals surface area contributed by atoms with Crippen LogP contribution in [0.25, 0.3) is 6.08 Å². The van der Waals surface area contributed by atoms with Gasteiger partial charge >= 0.3 is 0 Å². The molecule has 1 aromatic heterocycles. The van der Waals surface area contributed by atoms with E-state index in [1.807, 2.05) is 47.6 Å². The summed E-state index contributed by atoms with van der Waals surface area (Å²) < 4.78 is 5.21. The molecule has 0 aliphatic carbocycles. The van der Waals surface area contributed by atoms with E-state index in [-0.39, 0.29) is 12.6 Å². The zero-order valence-corrected chi connectivity index (χ0v) is 14.8. The number of aromatic nitrogens is 2. The van der Waals surface area contributed by atoms with Crippen LogP contribution in [0.4, 0.5) is 5.82 Å². The molecule has 3 rings (SSSR count). The minimum Gasteiger partial charge on any atom is -0.497 e. The van der Waals surface area contributed by atoms with Crippen LogP contribution >= 0.6 is 23.4 Å². The van der Waals surface area contributed by atoms with Crippen LogP contribution in [0, 0.1) is 11.3 Å². The van der Waals surface area contributed by atoms with Crippen molar-refractivity contribution >= 4 is 35.3 Å². The topological polar surface area (TPSA) is 62.0 Å². The van der Waals surface area contributed by atoms with Crippen LogP contribution in [0.15, 0.2) is 35.5 Å². The highest BCUT2D eigenvalue weighted by molar-refractivity contribution is 7.98. The van der Waals surface area contributed by atoms with E-state index in [9.17, 15) is 5.26 Å². The molecule has 0 bridgehead atoms. The summed E-state index contributed by atoms with van der Waals surface area (Å²) in [5, 5.41) is 10.3. The van der Waals surface area contributed by atoms with Gasteiger partial charge in [-0.05, 0) is 30.0 Å². The monoisotopic (exact) mass is 358 g/mol. The first-order valence-corrected chi connectivity index (χ1v) is 8.85. The largest absolute Gasteiger partial charge is 0.497 e. The van der Waals surface area contributed by atoms with Gasteiger partial charge in [0.1, 0.15) is 23.3 Å². The number of rotatable bonds is 4. The van der Waals surface area contributed by atoms with E-state index >= 15 is 0 Å². The van der Waals surface area contributed by atoms with E-state index in [0.717, 1.165) is 16.9 Å². The van der Waals surface area contributed by atoms with Crippen molar-refractivity contribution in [3.8, 4) is 11.8 Å². The number of hydrogen-bond donors (Lipinski definition) is 0. The summed E-state index contributed by atoms with van der Waals surface area (Å²) in [6.45, 7) is 0.204. The van der Waals surface area contributed by atoms with E-state index in [0.29, 0.717) is 16.1 Å². The van der Waals surface area contributed by atoms with E-state index in [1.54, 1.807) is 7.11 Å². The molecule has 24 heavy (non-hydrogen) atoms. The molecule has 7 heteroatoms. The van der Waals surface area contributed by atoms with Crippen LogP contribution in [-0.4, -0.2) is 29.9 Å². The maximum atomic E-state index is 9.27. The fraction of sp³-hybridized carbons (Fsp3) is 0.235. The second-order valence-electron chi connectivity index (χ2n) is 5.10. The molecular formula is C17H15ClN4OS.